The van der Waals surface area contributed by atoms with Gasteiger partial charge < -0.3 is 15.4 Å². The number of ether oxygens (including phenoxy) is 1. The van der Waals surface area contributed by atoms with Crippen molar-refractivity contribution in [3.63, 3.8) is 0 Å². The number of benzene rings is 1. The number of carbonyl (C=O) groups excluding carboxylic acids is 2. The lowest BCUT2D eigenvalue weighted by atomic mass is 10.1. The SMILES string of the molecule is COC(=O)C(C)CN(C)C(=O)c1cc2cc(N)ccc2s1. The molecular weight excluding hydrogens is 288 g/mol. The van der Waals surface area contributed by atoms with Gasteiger partial charge in [-0.2, -0.15) is 0 Å². The molecule has 21 heavy (non-hydrogen) atoms. The summed E-state index contributed by atoms with van der Waals surface area (Å²) in [5, 5.41) is 0.956. The number of anilines is 1. The van der Waals surface area contributed by atoms with Crippen LogP contribution in [0.2, 0.25) is 0 Å². The number of methoxy groups -OCH3 is 1. The van der Waals surface area contributed by atoms with E-state index in [0.29, 0.717) is 17.1 Å². The number of fused-ring (bicyclic) bond motifs is 1. The molecule has 0 aliphatic carbocycles. The Morgan fingerprint density at radius 1 is 1.38 bits per heavy atom. The molecule has 2 N–H and O–H groups in total. The summed E-state index contributed by atoms with van der Waals surface area (Å²) in [5.74, 6) is -0.779. The molecule has 0 spiro atoms. The van der Waals surface area contributed by atoms with Gasteiger partial charge in [0.2, 0.25) is 0 Å². The van der Waals surface area contributed by atoms with Crippen LogP contribution in [-0.4, -0.2) is 37.5 Å². The smallest absolute Gasteiger partial charge is 0.310 e. The van der Waals surface area contributed by atoms with E-state index in [1.54, 1.807) is 14.0 Å². The van der Waals surface area contributed by atoms with Gasteiger partial charge in [-0.25, -0.2) is 0 Å². The third-order valence-electron chi connectivity index (χ3n) is 3.25. The largest absolute Gasteiger partial charge is 0.469 e. The van der Waals surface area contributed by atoms with Crippen LogP contribution in [0.4, 0.5) is 5.69 Å². The molecule has 0 aliphatic rings. The van der Waals surface area contributed by atoms with E-state index in [0.717, 1.165) is 10.1 Å². The number of hydrogen-bond acceptors (Lipinski definition) is 5. The Bertz CT molecular complexity index is 681. The van der Waals surface area contributed by atoms with Crippen molar-refractivity contribution in [2.24, 2.45) is 5.92 Å². The number of nitrogens with zero attached hydrogens (tertiary/aromatic N) is 1. The first-order chi connectivity index (χ1) is 9.92. The summed E-state index contributed by atoms with van der Waals surface area (Å²) in [6, 6.07) is 7.40. The molecule has 112 valence electrons. The zero-order valence-corrected chi connectivity index (χ0v) is 13.1. The number of hydrogen-bond donors (Lipinski definition) is 1. The predicted molar refractivity (Wildman–Crippen MR) is 84.4 cm³/mol. The fourth-order valence-electron chi connectivity index (χ4n) is 2.12. The molecule has 0 saturated carbocycles. The molecule has 1 heterocycles. The van der Waals surface area contributed by atoms with Crippen molar-refractivity contribution in [1.29, 1.82) is 0 Å². The lowest BCUT2D eigenvalue weighted by Gasteiger charge is -2.19. The van der Waals surface area contributed by atoms with Crippen LogP contribution >= 0.6 is 11.3 Å². The minimum absolute atomic E-state index is 0.106. The number of nitrogens with two attached hydrogens (primary N) is 1. The molecule has 0 aliphatic heterocycles. The van der Waals surface area contributed by atoms with Crippen molar-refractivity contribution in [2.45, 2.75) is 6.92 Å². The van der Waals surface area contributed by atoms with Crippen molar-refractivity contribution < 1.29 is 14.3 Å². The summed E-state index contributed by atoms with van der Waals surface area (Å²) >= 11 is 1.42. The average Bonchev–Trinajstić information content (AvgIpc) is 2.88. The first kappa shape index (κ1) is 15.3. The Hall–Kier alpha value is -2.08. The van der Waals surface area contributed by atoms with Crippen LogP contribution < -0.4 is 5.73 Å². The van der Waals surface area contributed by atoms with Gasteiger partial charge in [0.1, 0.15) is 0 Å². The molecule has 0 saturated heterocycles. The summed E-state index contributed by atoms with van der Waals surface area (Å²) in [4.78, 5) is 26.0. The highest BCUT2D eigenvalue weighted by Crippen LogP contribution is 2.28. The molecule has 1 unspecified atom stereocenters. The summed E-state index contributed by atoms with van der Waals surface area (Å²) in [6.45, 7) is 2.06. The first-order valence-corrected chi connectivity index (χ1v) is 7.36. The normalized spacial score (nSPS) is 12.1. The monoisotopic (exact) mass is 306 g/mol. The standard InChI is InChI=1S/C15H18N2O3S/c1-9(15(19)20-3)8-17(2)14(18)13-7-10-6-11(16)4-5-12(10)21-13/h4-7,9H,8,16H2,1-3H3. The van der Waals surface area contributed by atoms with Gasteiger partial charge in [-0.05, 0) is 29.7 Å². The van der Waals surface area contributed by atoms with Crippen molar-refractivity contribution in [3.05, 3.63) is 29.1 Å². The van der Waals surface area contributed by atoms with Gasteiger partial charge in [0.15, 0.2) is 0 Å². The van der Waals surface area contributed by atoms with Crippen LogP contribution in [0.15, 0.2) is 24.3 Å². The highest BCUT2D eigenvalue weighted by molar-refractivity contribution is 7.20. The van der Waals surface area contributed by atoms with Gasteiger partial charge in [-0.1, -0.05) is 6.92 Å². The molecule has 0 fully saturated rings. The number of carbonyl (C=O) groups is 2. The van der Waals surface area contributed by atoms with E-state index >= 15 is 0 Å². The Labute approximate surface area is 127 Å². The zero-order valence-electron chi connectivity index (χ0n) is 12.3. The molecule has 2 aromatic rings. The van der Waals surface area contributed by atoms with E-state index in [9.17, 15) is 9.59 Å². The second-order valence-corrected chi connectivity index (χ2v) is 6.10. The van der Waals surface area contributed by atoms with Gasteiger partial charge in [0.05, 0.1) is 17.9 Å². The topological polar surface area (TPSA) is 72.6 Å². The van der Waals surface area contributed by atoms with Crippen LogP contribution in [0, 0.1) is 5.92 Å². The van der Waals surface area contributed by atoms with Gasteiger partial charge >= 0.3 is 5.97 Å². The second-order valence-electron chi connectivity index (χ2n) is 5.02. The Balaban J connectivity index is 2.15. The van der Waals surface area contributed by atoms with Crippen molar-refractivity contribution in [1.82, 2.24) is 4.90 Å². The third kappa shape index (κ3) is 3.33. The first-order valence-electron chi connectivity index (χ1n) is 6.54. The molecule has 0 radical (unpaired) electrons. The molecule has 1 atom stereocenters. The van der Waals surface area contributed by atoms with Crippen molar-refractivity contribution in [3.8, 4) is 0 Å². The third-order valence-corrected chi connectivity index (χ3v) is 4.35. The van der Waals surface area contributed by atoms with Gasteiger partial charge in [0.25, 0.3) is 5.91 Å². The van der Waals surface area contributed by atoms with Crippen LogP contribution in [-0.2, 0) is 9.53 Å². The molecule has 5 nitrogen and oxygen atoms in total. The minimum Gasteiger partial charge on any atom is -0.469 e. The molecule has 1 amide bonds. The second kappa shape index (κ2) is 6.13. The maximum absolute atomic E-state index is 12.4. The maximum atomic E-state index is 12.4. The minimum atomic E-state index is -0.353. The number of esters is 1. The number of thiophene rings is 1. The maximum Gasteiger partial charge on any atom is 0.310 e. The Kier molecular flexibility index (Phi) is 4.47. The summed E-state index contributed by atoms with van der Waals surface area (Å²) < 4.78 is 5.69. The van der Waals surface area contributed by atoms with E-state index in [2.05, 4.69) is 4.74 Å². The highest BCUT2D eigenvalue weighted by atomic mass is 32.1. The van der Waals surface area contributed by atoms with E-state index in [-0.39, 0.29) is 17.8 Å². The Morgan fingerprint density at radius 2 is 2.10 bits per heavy atom. The summed E-state index contributed by atoms with van der Waals surface area (Å²) in [6.07, 6.45) is 0. The van der Waals surface area contributed by atoms with Crippen LogP contribution in [0.25, 0.3) is 10.1 Å². The fraction of sp³-hybridized carbons (Fsp3) is 0.333. The molecule has 2 rings (SSSR count). The fourth-order valence-corrected chi connectivity index (χ4v) is 3.16. The highest BCUT2D eigenvalue weighted by Gasteiger charge is 2.21. The molecule has 1 aromatic heterocycles. The molecule has 1 aromatic carbocycles. The molecule has 6 heteroatoms. The summed E-state index contributed by atoms with van der Waals surface area (Å²) in [5.41, 5.74) is 6.41. The van der Waals surface area contributed by atoms with E-state index in [1.807, 2.05) is 24.3 Å². The van der Waals surface area contributed by atoms with Crippen LogP contribution in [0.3, 0.4) is 0 Å². The molecular formula is C15H18N2O3S. The summed E-state index contributed by atoms with van der Waals surface area (Å²) in [7, 11) is 3.03. The lowest BCUT2D eigenvalue weighted by molar-refractivity contribution is -0.145. The van der Waals surface area contributed by atoms with E-state index in [1.165, 1.54) is 23.3 Å². The average molecular weight is 306 g/mol. The van der Waals surface area contributed by atoms with Crippen molar-refractivity contribution >= 4 is 39.0 Å². The Morgan fingerprint density at radius 3 is 2.76 bits per heavy atom. The number of amides is 1. The van der Waals surface area contributed by atoms with Crippen LogP contribution in [0.5, 0.6) is 0 Å². The number of nitrogen functional groups attached to an aromatic ring is 1. The predicted octanol–water partition coefficient (Wildman–Crippen LogP) is 2.36. The van der Waals surface area contributed by atoms with Gasteiger partial charge in [-0.15, -0.1) is 11.3 Å². The number of rotatable bonds is 4. The van der Waals surface area contributed by atoms with Crippen LogP contribution in [0.1, 0.15) is 16.6 Å². The van der Waals surface area contributed by atoms with Gasteiger partial charge in [0, 0.05) is 24.0 Å². The quantitative estimate of drug-likeness (QED) is 0.695. The van der Waals surface area contributed by atoms with E-state index < -0.39 is 0 Å². The molecule has 0 bridgehead atoms. The van der Waals surface area contributed by atoms with E-state index in [4.69, 9.17) is 5.73 Å². The lowest BCUT2D eigenvalue weighted by Crippen LogP contribution is -2.33. The zero-order chi connectivity index (χ0) is 15.6. The van der Waals surface area contributed by atoms with Gasteiger partial charge in [-0.3, -0.25) is 9.59 Å². The van der Waals surface area contributed by atoms with Crippen molar-refractivity contribution in [2.75, 3.05) is 26.4 Å².